The van der Waals surface area contributed by atoms with Gasteiger partial charge in [0.05, 0.1) is 25.9 Å². The molecule has 0 aromatic carbocycles. The summed E-state index contributed by atoms with van der Waals surface area (Å²) in [4.78, 5) is 13.5. The Morgan fingerprint density at radius 3 is 2.95 bits per heavy atom. The first kappa shape index (κ1) is 13.3. The molecule has 19 heavy (non-hydrogen) atoms. The summed E-state index contributed by atoms with van der Waals surface area (Å²) in [5.74, 6) is 1.66. The number of aromatic nitrogens is 2. The third kappa shape index (κ3) is 4.22. The lowest BCUT2D eigenvalue weighted by Gasteiger charge is -2.13. The van der Waals surface area contributed by atoms with Crippen LogP contribution in [0.4, 0.5) is 0 Å². The van der Waals surface area contributed by atoms with Crippen LogP contribution in [0.25, 0.3) is 0 Å². The molecule has 0 atom stereocenters. The van der Waals surface area contributed by atoms with E-state index in [9.17, 15) is 4.79 Å². The van der Waals surface area contributed by atoms with E-state index in [1.807, 2.05) is 13.1 Å². The Morgan fingerprint density at radius 2 is 2.32 bits per heavy atom. The highest BCUT2D eigenvalue weighted by Crippen LogP contribution is 2.02. The molecule has 0 unspecified atom stereocenters. The summed E-state index contributed by atoms with van der Waals surface area (Å²) in [5.41, 5.74) is 0. The summed E-state index contributed by atoms with van der Waals surface area (Å²) >= 11 is 0. The molecule has 7 nitrogen and oxygen atoms in total. The van der Waals surface area contributed by atoms with Gasteiger partial charge >= 0.3 is 0 Å². The number of likely N-dealkylation sites (N-methyl/N-ethyl adjacent to an activating group) is 1. The monoisotopic (exact) mass is 264 g/mol. The fourth-order valence-corrected chi connectivity index (χ4v) is 1.59. The number of rotatable bonds is 6. The zero-order valence-electron chi connectivity index (χ0n) is 10.9. The number of hydrogen-bond acceptors (Lipinski definition) is 6. The summed E-state index contributed by atoms with van der Waals surface area (Å²) in [5, 5.41) is 10.4. The number of aryl methyl sites for hydroxylation is 1. The molecule has 1 amide bonds. The van der Waals surface area contributed by atoms with E-state index in [4.69, 9.17) is 8.83 Å². The maximum absolute atomic E-state index is 11.7. The van der Waals surface area contributed by atoms with E-state index >= 15 is 0 Å². The van der Waals surface area contributed by atoms with Crippen LogP contribution in [0.15, 0.2) is 27.2 Å². The van der Waals surface area contributed by atoms with Gasteiger partial charge in [0.1, 0.15) is 5.76 Å². The lowest BCUT2D eigenvalue weighted by Crippen LogP contribution is -2.34. The molecule has 2 rings (SSSR count). The zero-order valence-corrected chi connectivity index (χ0v) is 10.9. The van der Waals surface area contributed by atoms with Crippen molar-refractivity contribution in [3.8, 4) is 0 Å². The fourth-order valence-electron chi connectivity index (χ4n) is 1.59. The van der Waals surface area contributed by atoms with Crippen LogP contribution in [-0.2, 0) is 17.9 Å². The van der Waals surface area contributed by atoms with Crippen LogP contribution in [0.5, 0.6) is 0 Å². The van der Waals surface area contributed by atoms with Crippen molar-refractivity contribution in [1.82, 2.24) is 20.4 Å². The van der Waals surface area contributed by atoms with Crippen molar-refractivity contribution in [3.63, 3.8) is 0 Å². The number of nitrogens with zero attached hydrogens (tertiary/aromatic N) is 3. The lowest BCUT2D eigenvalue weighted by molar-refractivity contribution is -0.122. The van der Waals surface area contributed by atoms with Gasteiger partial charge in [0.15, 0.2) is 0 Å². The molecule has 0 saturated heterocycles. The molecule has 2 aromatic heterocycles. The average Bonchev–Trinajstić information content (AvgIpc) is 2.98. The third-order valence-corrected chi connectivity index (χ3v) is 2.43. The van der Waals surface area contributed by atoms with Gasteiger partial charge in [-0.3, -0.25) is 9.69 Å². The molecule has 0 saturated carbocycles. The highest BCUT2D eigenvalue weighted by Gasteiger charge is 2.10. The first-order valence-corrected chi connectivity index (χ1v) is 5.90. The maximum Gasteiger partial charge on any atom is 0.234 e. The van der Waals surface area contributed by atoms with E-state index in [1.54, 1.807) is 24.2 Å². The van der Waals surface area contributed by atoms with Gasteiger partial charge in [0, 0.05) is 6.92 Å². The molecule has 0 aliphatic carbocycles. The van der Waals surface area contributed by atoms with Crippen molar-refractivity contribution in [2.75, 3.05) is 13.6 Å². The molecule has 0 bridgehead atoms. The van der Waals surface area contributed by atoms with Crippen LogP contribution < -0.4 is 5.32 Å². The van der Waals surface area contributed by atoms with Gasteiger partial charge in [-0.15, -0.1) is 10.2 Å². The standard InChI is InChI=1S/C12H16N4O3/c1-9-14-15-12(19-9)8-16(2)7-11(17)13-6-10-4-3-5-18-10/h3-5H,6-8H2,1-2H3,(H,13,17). The van der Waals surface area contributed by atoms with E-state index in [0.29, 0.717) is 24.9 Å². The van der Waals surface area contributed by atoms with Crippen molar-refractivity contribution in [2.45, 2.75) is 20.0 Å². The highest BCUT2D eigenvalue weighted by atomic mass is 16.4. The Morgan fingerprint density at radius 1 is 1.47 bits per heavy atom. The number of hydrogen-bond donors (Lipinski definition) is 1. The Kier molecular flexibility index (Phi) is 4.30. The van der Waals surface area contributed by atoms with Gasteiger partial charge in [-0.25, -0.2) is 0 Å². The SMILES string of the molecule is Cc1nnc(CN(C)CC(=O)NCc2ccco2)o1. The van der Waals surface area contributed by atoms with Crippen LogP contribution >= 0.6 is 0 Å². The minimum absolute atomic E-state index is 0.0878. The van der Waals surface area contributed by atoms with E-state index in [1.165, 1.54) is 0 Å². The zero-order chi connectivity index (χ0) is 13.7. The van der Waals surface area contributed by atoms with E-state index < -0.39 is 0 Å². The number of carbonyl (C=O) groups excluding carboxylic acids is 1. The summed E-state index contributed by atoms with van der Waals surface area (Å²) in [6.45, 7) is 2.81. The summed E-state index contributed by atoms with van der Waals surface area (Å²) in [6, 6.07) is 3.59. The topological polar surface area (TPSA) is 84.4 Å². The van der Waals surface area contributed by atoms with E-state index in [-0.39, 0.29) is 12.5 Å². The molecule has 1 N–H and O–H groups in total. The van der Waals surface area contributed by atoms with Crippen molar-refractivity contribution >= 4 is 5.91 Å². The number of furan rings is 1. The van der Waals surface area contributed by atoms with E-state index in [2.05, 4.69) is 15.5 Å². The second-order valence-corrected chi connectivity index (χ2v) is 4.24. The van der Waals surface area contributed by atoms with Gasteiger partial charge in [0.25, 0.3) is 0 Å². The molecule has 0 radical (unpaired) electrons. The number of carbonyl (C=O) groups is 1. The largest absolute Gasteiger partial charge is 0.467 e. The minimum Gasteiger partial charge on any atom is -0.467 e. The van der Waals surface area contributed by atoms with Crippen molar-refractivity contribution < 1.29 is 13.6 Å². The van der Waals surface area contributed by atoms with Crippen molar-refractivity contribution in [1.29, 1.82) is 0 Å². The van der Waals surface area contributed by atoms with Crippen molar-refractivity contribution in [3.05, 3.63) is 35.9 Å². The molecule has 0 aliphatic heterocycles. The van der Waals surface area contributed by atoms with Gasteiger partial charge in [-0.2, -0.15) is 0 Å². The summed E-state index contributed by atoms with van der Waals surface area (Å²) < 4.78 is 10.4. The molecule has 0 fully saturated rings. The first-order chi connectivity index (χ1) is 9.13. The van der Waals surface area contributed by atoms with Crippen LogP contribution in [0.2, 0.25) is 0 Å². The molecule has 0 spiro atoms. The van der Waals surface area contributed by atoms with Crippen LogP contribution in [0.3, 0.4) is 0 Å². The Labute approximate surface area is 110 Å². The molecular weight excluding hydrogens is 248 g/mol. The molecule has 2 aromatic rings. The highest BCUT2D eigenvalue weighted by molar-refractivity contribution is 5.77. The van der Waals surface area contributed by atoms with Gasteiger partial charge in [0.2, 0.25) is 17.7 Å². The minimum atomic E-state index is -0.0878. The predicted octanol–water partition coefficient (Wildman–Crippen LogP) is 0.719. The average molecular weight is 264 g/mol. The third-order valence-electron chi connectivity index (χ3n) is 2.43. The first-order valence-electron chi connectivity index (χ1n) is 5.90. The maximum atomic E-state index is 11.7. The van der Waals surface area contributed by atoms with Crippen molar-refractivity contribution in [2.24, 2.45) is 0 Å². The van der Waals surface area contributed by atoms with Gasteiger partial charge < -0.3 is 14.2 Å². The Bertz CT molecular complexity index is 521. The Hall–Kier alpha value is -2.15. The van der Waals surface area contributed by atoms with Crippen LogP contribution in [0, 0.1) is 6.92 Å². The number of amides is 1. The summed E-state index contributed by atoms with van der Waals surface area (Å²) in [6.07, 6.45) is 1.57. The van der Waals surface area contributed by atoms with Crippen LogP contribution in [-0.4, -0.2) is 34.6 Å². The normalized spacial score (nSPS) is 10.9. The summed E-state index contributed by atoms with van der Waals surface area (Å²) in [7, 11) is 1.81. The van der Waals surface area contributed by atoms with E-state index in [0.717, 1.165) is 5.76 Å². The fraction of sp³-hybridized carbons (Fsp3) is 0.417. The molecule has 7 heteroatoms. The second-order valence-electron chi connectivity index (χ2n) is 4.24. The predicted molar refractivity (Wildman–Crippen MR) is 65.9 cm³/mol. The van der Waals surface area contributed by atoms with Gasteiger partial charge in [-0.1, -0.05) is 0 Å². The second kappa shape index (κ2) is 6.14. The number of nitrogens with one attached hydrogen (secondary N) is 1. The van der Waals surface area contributed by atoms with Crippen LogP contribution in [0.1, 0.15) is 17.5 Å². The Balaban J connectivity index is 1.72. The molecule has 102 valence electrons. The lowest BCUT2D eigenvalue weighted by atomic mass is 10.4. The quantitative estimate of drug-likeness (QED) is 0.827. The molecule has 0 aliphatic rings. The smallest absolute Gasteiger partial charge is 0.234 e. The van der Waals surface area contributed by atoms with Gasteiger partial charge in [-0.05, 0) is 19.2 Å². The molecular formula is C12H16N4O3. The molecule has 2 heterocycles.